The average Bonchev–Trinajstić information content (AvgIpc) is 2.75. The Bertz CT molecular complexity index is 1200. The van der Waals surface area contributed by atoms with Crippen molar-refractivity contribution >= 4 is 11.8 Å². The third-order valence-corrected chi connectivity index (χ3v) is 6.68. The summed E-state index contributed by atoms with van der Waals surface area (Å²) in [6.07, 6.45) is 2.61. The van der Waals surface area contributed by atoms with E-state index in [4.69, 9.17) is 4.74 Å². The van der Waals surface area contributed by atoms with Crippen molar-refractivity contribution in [2.24, 2.45) is 5.92 Å². The first-order chi connectivity index (χ1) is 16.1. The smallest absolute Gasteiger partial charge is 0.274 e. The number of hydrogen-bond donors (Lipinski definition) is 2. The van der Waals surface area contributed by atoms with Gasteiger partial charge >= 0.3 is 0 Å². The van der Waals surface area contributed by atoms with Crippen molar-refractivity contribution in [1.29, 1.82) is 0 Å². The number of aromatic hydroxyl groups is 1. The molecule has 0 radical (unpaired) electrons. The van der Waals surface area contributed by atoms with Crippen LogP contribution in [0.5, 0.6) is 5.75 Å². The van der Waals surface area contributed by atoms with E-state index in [1.807, 2.05) is 13.8 Å². The first-order valence-corrected chi connectivity index (χ1v) is 11.1. The normalized spacial score (nSPS) is 21.5. The van der Waals surface area contributed by atoms with E-state index in [9.17, 15) is 28.3 Å². The number of methoxy groups -OCH3 is 1. The number of aromatic nitrogens is 1. The number of rotatable bonds is 6. The van der Waals surface area contributed by atoms with Crippen LogP contribution >= 0.6 is 0 Å². The van der Waals surface area contributed by atoms with Gasteiger partial charge in [-0.3, -0.25) is 14.4 Å². The molecule has 2 aromatic rings. The number of nitrogens with zero attached hydrogens (tertiary/aromatic N) is 2. The molecule has 182 valence electrons. The lowest BCUT2D eigenvalue weighted by Gasteiger charge is -2.55. The Morgan fingerprint density at radius 1 is 1.29 bits per heavy atom. The minimum Gasteiger partial charge on any atom is -0.503 e. The van der Waals surface area contributed by atoms with E-state index in [-0.39, 0.29) is 35.3 Å². The highest BCUT2D eigenvalue weighted by molar-refractivity contribution is 5.99. The largest absolute Gasteiger partial charge is 0.503 e. The number of ether oxygens (including phenoxy) is 1. The van der Waals surface area contributed by atoms with Crippen LogP contribution in [0.4, 0.5) is 8.78 Å². The SMILES string of the molecule is COC[C@H]1C[C@]2(CN(C(C)C)C(=O)c3c(O)c(=O)c(C(=O)NCc4ccc(F)cc4F)cn32)C1. The molecule has 1 aromatic carbocycles. The van der Waals surface area contributed by atoms with E-state index in [0.29, 0.717) is 32.1 Å². The fraction of sp³-hybridized carbons (Fsp3) is 0.458. The molecule has 1 aromatic heterocycles. The Hall–Kier alpha value is -3.27. The Morgan fingerprint density at radius 2 is 2.00 bits per heavy atom. The zero-order valence-corrected chi connectivity index (χ0v) is 19.2. The molecule has 0 bridgehead atoms. The van der Waals surface area contributed by atoms with Crippen LogP contribution in [0, 0.1) is 17.6 Å². The van der Waals surface area contributed by atoms with E-state index in [1.54, 1.807) is 16.6 Å². The Balaban J connectivity index is 1.70. The van der Waals surface area contributed by atoms with Crippen molar-refractivity contribution in [1.82, 2.24) is 14.8 Å². The summed E-state index contributed by atoms with van der Waals surface area (Å²) in [6, 6.07) is 2.81. The van der Waals surface area contributed by atoms with Gasteiger partial charge in [-0.15, -0.1) is 0 Å². The number of amides is 2. The second-order valence-corrected chi connectivity index (χ2v) is 9.34. The highest BCUT2D eigenvalue weighted by Crippen LogP contribution is 2.48. The average molecular weight is 475 g/mol. The van der Waals surface area contributed by atoms with Gasteiger partial charge in [-0.05, 0) is 38.7 Å². The van der Waals surface area contributed by atoms with Gasteiger partial charge in [0, 0.05) is 50.7 Å². The lowest BCUT2D eigenvalue weighted by atomic mass is 9.66. The summed E-state index contributed by atoms with van der Waals surface area (Å²) in [7, 11) is 1.61. The topological polar surface area (TPSA) is 101 Å². The molecule has 8 nitrogen and oxygen atoms in total. The fourth-order valence-corrected chi connectivity index (χ4v) is 4.99. The molecule has 1 aliphatic heterocycles. The van der Waals surface area contributed by atoms with E-state index >= 15 is 0 Å². The summed E-state index contributed by atoms with van der Waals surface area (Å²) in [5.41, 5.74) is -2.02. The molecule has 1 aliphatic carbocycles. The standard InChI is InChI=1S/C24H27F2N3O5/c1-13(2)28-12-24(7-14(8-24)11-34-3)29-10-17(20(30)21(31)19(29)23(28)33)22(32)27-9-15-4-5-16(25)6-18(15)26/h4-6,10,13-14,31H,7-9,11-12H2,1-3H3,(H,27,32)/t14-,24+. The third-order valence-electron chi connectivity index (χ3n) is 6.68. The highest BCUT2D eigenvalue weighted by Gasteiger charge is 2.52. The van der Waals surface area contributed by atoms with E-state index in [2.05, 4.69) is 5.32 Å². The van der Waals surface area contributed by atoms with Crippen molar-refractivity contribution in [3.63, 3.8) is 0 Å². The predicted octanol–water partition coefficient (Wildman–Crippen LogP) is 2.38. The van der Waals surface area contributed by atoms with Crippen LogP contribution in [0.15, 0.2) is 29.2 Å². The number of halogens is 2. The molecule has 0 unspecified atom stereocenters. The number of benzene rings is 1. The molecule has 1 spiro atoms. The van der Waals surface area contributed by atoms with Gasteiger partial charge in [0.25, 0.3) is 11.8 Å². The second kappa shape index (κ2) is 8.83. The molecule has 4 rings (SSSR count). The van der Waals surface area contributed by atoms with Crippen LogP contribution in [-0.4, -0.2) is 52.7 Å². The number of carbonyl (C=O) groups is 2. The maximum absolute atomic E-state index is 13.9. The van der Waals surface area contributed by atoms with Gasteiger partial charge in [0.2, 0.25) is 5.43 Å². The van der Waals surface area contributed by atoms with Crippen LogP contribution in [0.2, 0.25) is 0 Å². The summed E-state index contributed by atoms with van der Waals surface area (Å²) in [5, 5.41) is 13.2. The molecule has 0 saturated heterocycles. The van der Waals surface area contributed by atoms with Gasteiger partial charge in [0.05, 0.1) is 5.54 Å². The number of pyridine rings is 1. The summed E-state index contributed by atoms with van der Waals surface area (Å²) in [5.74, 6) is -3.44. The third kappa shape index (κ3) is 3.96. The number of hydrogen-bond acceptors (Lipinski definition) is 5. The summed E-state index contributed by atoms with van der Waals surface area (Å²) in [6.45, 7) is 4.35. The van der Waals surface area contributed by atoms with Gasteiger partial charge < -0.3 is 24.6 Å². The molecule has 2 heterocycles. The van der Waals surface area contributed by atoms with Crippen molar-refractivity contribution in [3.05, 3.63) is 63.1 Å². The number of fused-ring (bicyclic) bond motifs is 2. The molecule has 2 N–H and O–H groups in total. The van der Waals surface area contributed by atoms with Crippen molar-refractivity contribution in [2.75, 3.05) is 20.3 Å². The van der Waals surface area contributed by atoms with Gasteiger partial charge in [0.1, 0.15) is 17.2 Å². The minimum atomic E-state index is -0.981. The molecule has 1 saturated carbocycles. The first kappa shape index (κ1) is 23.9. The Morgan fingerprint density at radius 3 is 2.62 bits per heavy atom. The summed E-state index contributed by atoms with van der Waals surface area (Å²) < 4.78 is 33.9. The molecule has 2 amide bonds. The second-order valence-electron chi connectivity index (χ2n) is 9.34. The molecule has 10 heteroatoms. The van der Waals surface area contributed by atoms with Crippen LogP contribution in [0.25, 0.3) is 0 Å². The molecule has 1 fully saturated rings. The zero-order valence-electron chi connectivity index (χ0n) is 19.2. The van der Waals surface area contributed by atoms with E-state index in [1.165, 1.54) is 12.3 Å². The highest BCUT2D eigenvalue weighted by atomic mass is 19.1. The Kier molecular flexibility index (Phi) is 6.20. The van der Waals surface area contributed by atoms with E-state index < -0.39 is 40.2 Å². The zero-order chi connectivity index (χ0) is 24.8. The molecule has 34 heavy (non-hydrogen) atoms. The summed E-state index contributed by atoms with van der Waals surface area (Å²) >= 11 is 0. The van der Waals surface area contributed by atoms with Crippen molar-refractivity contribution < 1.29 is 28.2 Å². The van der Waals surface area contributed by atoms with Crippen LogP contribution in [0.1, 0.15) is 53.1 Å². The van der Waals surface area contributed by atoms with Crippen LogP contribution in [-0.2, 0) is 16.8 Å². The van der Waals surface area contributed by atoms with E-state index in [0.717, 1.165) is 6.07 Å². The maximum atomic E-state index is 13.9. The van der Waals surface area contributed by atoms with Crippen molar-refractivity contribution in [3.8, 4) is 5.75 Å². The molecule has 2 aliphatic rings. The Labute approximate surface area is 195 Å². The fourth-order valence-electron chi connectivity index (χ4n) is 4.99. The maximum Gasteiger partial charge on any atom is 0.274 e. The quantitative estimate of drug-likeness (QED) is 0.668. The van der Waals surface area contributed by atoms with Gasteiger partial charge in [-0.25, -0.2) is 8.78 Å². The van der Waals surface area contributed by atoms with Gasteiger partial charge in [-0.1, -0.05) is 6.07 Å². The van der Waals surface area contributed by atoms with Crippen LogP contribution in [0.3, 0.4) is 0 Å². The van der Waals surface area contributed by atoms with Crippen LogP contribution < -0.4 is 10.7 Å². The molecule has 0 atom stereocenters. The monoisotopic (exact) mass is 475 g/mol. The van der Waals surface area contributed by atoms with Gasteiger partial charge in [-0.2, -0.15) is 0 Å². The predicted molar refractivity (Wildman–Crippen MR) is 119 cm³/mol. The lowest BCUT2D eigenvalue weighted by molar-refractivity contribution is -0.0284. The minimum absolute atomic E-state index is 0.0395. The van der Waals surface area contributed by atoms with Crippen molar-refractivity contribution in [2.45, 2.75) is 44.8 Å². The lowest BCUT2D eigenvalue weighted by Crippen LogP contribution is -2.62. The molecular weight excluding hydrogens is 448 g/mol. The number of nitrogens with one attached hydrogen (secondary N) is 1. The number of carbonyl (C=O) groups excluding carboxylic acids is 2. The first-order valence-electron chi connectivity index (χ1n) is 11.1. The molecular formula is C24H27F2N3O5. The summed E-state index contributed by atoms with van der Waals surface area (Å²) in [4.78, 5) is 40.5. The van der Waals surface area contributed by atoms with Gasteiger partial charge in [0.15, 0.2) is 11.4 Å².